The van der Waals surface area contributed by atoms with Gasteiger partial charge in [-0.05, 0) is 17.7 Å². The smallest absolute Gasteiger partial charge is 0.176 e. The maximum absolute atomic E-state index is 9.94. The van der Waals surface area contributed by atoms with E-state index in [0.717, 1.165) is 31.7 Å². The molecule has 1 fully saturated rings. The molecule has 2 rings (SSSR count). The van der Waals surface area contributed by atoms with Gasteiger partial charge in [-0.1, -0.05) is 25.4 Å². The molecule has 1 aliphatic heterocycles. The maximum Gasteiger partial charge on any atom is 0.176 e. The van der Waals surface area contributed by atoms with Crippen LogP contribution in [0.2, 0.25) is 5.02 Å². The molecule has 0 aliphatic carbocycles. The van der Waals surface area contributed by atoms with E-state index in [2.05, 4.69) is 10.2 Å². The minimum absolute atomic E-state index is 0.00778. The van der Waals surface area contributed by atoms with Crippen molar-refractivity contribution in [3.8, 4) is 11.5 Å². The number of hydrogen-bond donors (Lipinski definition) is 3. The number of aromatic hydroxyl groups is 1. The van der Waals surface area contributed by atoms with E-state index < -0.39 is 0 Å². The number of halogens is 1. The molecule has 0 radical (unpaired) electrons. The highest BCUT2D eigenvalue weighted by atomic mass is 35.5. The summed E-state index contributed by atoms with van der Waals surface area (Å²) in [6.45, 7) is 7.76. The average Bonchev–Trinajstić information content (AvgIpc) is 2.51. The molecule has 1 aromatic carbocycles. The second-order valence-corrected chi connectivity index (χ2v) is 6.80. The van der Waals surface area contributed by atoms with Crippen molar-refractivity contribution < 1.29 is 14.9 Å². The Bertz CT molecular complexity index is 516. The van der Waals surface area contributed by atoms with Crippen LogP contribution in [0.25, 0.3) is 0 Å². The van der Waals surface area contributed by atoms with Crippen LogP contribution in [0.3, 0.4) is 0 Å². The fourth-order valence-corrected chi connectivity index (χ4v) is 3.31. The maximum atomic E-state index is 9.94. The molecular formula is C16H25ClN2O3. The quantitative estimate of drug-likeness (QED) is 0.772. The molecular weight excluding hydrogens is 304 g/mol. The number of hydrogen-bond acceptors (Lipinski definition) is 5. The topological polar surface area (TPSA) is 65.0 Å². The van der Waals surface area contributed by atoms with Crippen molar-refractivity contribution in [2.75, 3.05) is 39.9 Å². The standard InChI is InChI=1S/C16H25ClN2O3/c1-16(2,10-20)15(19-6-4-18-5-7-19)11-8-12(17)14(21)13(9-11)22-3/h8-9,15,18,20-21H,4-7,10H2,1-3H3/t15-/m1/s1. The average molecular weight is 329 g/mol. The molecule has 0 bridgehead atoms. The molecule has 1 aromatic rings. The second kappa shape index (κ2) is 7.04. The van der Waals surface area contributed by atoms with Gasteiger partial charge in [-0.2, -0.15) is 0 Å². The molecule has 3 N–H and O–H groups in total. The zero-order valence-corrected chi connectivity index (χ0v) is 14.2. The first-order chi connectivity index (χ1) is 10.4. The summed E-state index contributed by atoms with van der Waals surface area (Å²) in [5.74, 6) is 0.310. The van der Waals surface area contributed by atoms with Crippen molar-refractivity contribution in [3.05, 3.63) is 22.7 Å². The number of aliphatic hydroxyl groups excluding tert-OH is 1. The van der Waals surface area contributed by atoms with Crippen molar-refractivity contribution in [2.24, 2.45) is 5.41 Å². The van der Waals surface area contributed by atoms with Crippen LogP contribution in [0.15, 0.2) is 12.1 Å². The van der Waals surface area contributed by atoms with Crippen LogP contribution < -0.4 is 10.1 Å². The lowest BCUT2D eigenvalue weighted by molar-refractivity contribution is 0.0304. The number of piperazine rings is 1. The Hall–Kier alpha value is -1.01. The van der Waals surface area contributed by atoms with Gasteiger partial charge in [0.1, 0.15) is 0 Å². The number of benzene rings is 1. The summed E-state index contributed by atoms with van der Waals surface area (Å²) in [6, 6.07) is 3.57. The third kappa shape index (κ3) is 3.49. The summed E-state index contributed by atoms with van der Waals surface area (Å²) in [5.41, 5.74) is 0.600. The largest absolute Gasteiger partial charge is 0.503 e. The van der Waals surface area contributed by atoms with Gasteiger partial charge in [-0.15, -0.1) is 0 Å². The molecule has 22 heavy (non-hydrogen) atoms. The number of phenols is 1. The highest BCUT2D eigenvalue weighted by Gasteiger charge is 2.36. The Kier molecular flexibility index (Phi) is 5.55. The van der Waals surface area contributed by atoms with Crippen molar-refractivity contribution in [3.63, 3.8) is 0 Å². The van der Waals surface area contributed by atoms with Crippen molar-refractivity contribution in [2.45, 2.75) is 19.9 Å². The van der Waals surface area contributed by atoms with E-state index in [-0.39, 0.29) is 28.8 Å². The van der Waals surface area contributed by atoms with E-state index in [9.17, 15) is 10.2 Å². The minimum Gasteiger partial charge on any atom is -0.503 e. The van der Waals surface area contributed by atoms with E-state index in [4.69, 9.17) is 16.3 Å². The van der Waals surface area contributed by atoms with Crippen LogP contribution in [0.4, 0.5) is 0 Å². The van der Waals surface area contributed by atoms with Gasteiger partial charge in [0.25, 0.3) is 0 Å². The minimum atomic E-state index is -0.345. The van der Waals surface area contributed by atoms with Crippen LogP contribution in [0, 0.1) is 5.41 Å². The molecule has 124 valence electrons. The lowest BCUT2D eigenvalue weighted by Gasteiger charge is -2.43. The van der Waals surface area contributed by atoms with Crippen LogP contribution in [-0.2, 0) is 0 Å². The number of methoxy groups -OCH3 is 1. The normalized spacial score (nSPS) is 18.2. The Morgan fingerprint density at radius 3 is 2.55 bits per heavy atom. The third-order valence-corrected chi connectivity index (χ3v) is 4.54. The fourth-order valence-electron chi connectivity index (χ4n) is 3.09. The number of aliphatic hydroxyl groups is 1. The summed E-state index contributed by atoms with van der Waals surface area (Å²) in [5, 5.41) is 23.4. The van der Waals surface area contributed by atoms with E-state index >= 15 is 0 Å². The molecule has 0 unspecified atom stereocenters. The van der Waals surface area contributed by atoms with E-state index in [1.165, 1.54) is 7.11 Å². The fraction of sp³-hybridized carbons (Fsp3) is 0.625. The Balaban J connectivity index is 2.46. The number of nitrogens with zero attached hydrogens (tertiary/aromatic N) is 1. The molecule has 5 nitrogen and oxygen atoms in total. The SMILES string of the molecule is COc1cc([C@@H](N2CCNCC2)C(C)(C)CO)cc(Cl)c1O. The molecule has 0 aromatic heterocycles. The first-order valence-electron chi connectivity index (χ1n) is 7.52. The second-order valence-electron chi connectivity index (χ2n) is 6.39. The first kappa shape index (κ1) is 17.3. The Morgan fingerprint density at radius 1 is 1.36 bits per heavy atom. The van der Waals surface area contributed by atoms with Gasteiger partial charge in [0.2, 0.25) is 0 Å². The number of ether oxygens (including phenoxy) is 1. The summed E-state index contributed by atoms with van der Waals surface area (Å²) < 4.78 is 5.22. The van der Waals surface area contributed by atoms with Crippen LogP contribution in [0.5, 0.6) is 11.5 Å². The van der Waals surface area contributed by atoms with Crippen molar-refractivity contribution in [1.82, 2.24) is 10.2 Å². The van der Waals surface area contributed by atoms with Gasteiger partial charge in [0.15, 0.2) is 11.5 Å². The van der Waals surface area contributed by atoms with Crippen LogP contribution >= 0.6 is 11.6 Å². The molecule has 1 saturated heterocycles. The lowest BCUT2D eigenvalue weighted by Crippen LogP contribution is -2.49. The van der Waals surface area contributed by atoms with Crippen molar-refractivity contribution in [1.29, 1.82) is 0 Å². The summed E-state index contributed by atoms with van der Waals surface area (Å²) in [6.07, 6.45) is 0. The Morgan fingerprint density at radius 2 is 2.00 bits per heavy atom. The van der Waals surface area contributed by atoms with Crippen LogP contribution in [-0.4, -0.2) is 55.0 Å². The molecule has 0 saturated carbocycles. The molecule has 0 amide bonds. The van der Waals surface area contributed by atoms with Crippen LogP contribution in [0.1, 0.15) is 25.5 Å². The zero-order chi connectivity index (χ0) is 16.3. The lowest BCUT2D eigenvalue weighted by atomic mass is 9.79. The number of phenolic OH excluding ortho intramolecular Hbond substituents is 1. The molecule has 0 spiro atoms. The highest BCUT2D eigenvalue weighted by molar-refractivity contribution is 6.32. The van der Waals surface area contributed by atoms with E-state index in [1.54, 1.807) is 6.07 Å². The number of rotatable bonds is 5. The van der Waals surface area contributed by atoms with Gasteiger partial charge in [0, 0.05) is 44.2 Å². The summed E-state index contributed by atoms with van der Waals surface area (Å²) >= 11 is 6.15. The zero-order valence-electron chi connectivity index (χ0n) is 13.4. The molecule has 1 heterocycles. The first-order valence-corrected chi connectivity index (χ1v) is 7.90. The van der Waals surface area contributed by atoms with E-state index in [1.807, 2.05) is 19.9 Å². The predicted molar refractivity (Wildman–Crippen MR) is 87.7 cm³/mol. The van der Waals surface area contributed by atoms with Gasteiger partial charge < -0.3 is 20.3 Å². The molecule has 1 atom stereocenters. The van der Waals surface area contributed by atoms with Crippen molar-refractivity contribution >= 4 is 11.6 Å². The molecule has 1 aliphatic rings. The van der Waals surface area contributed by atoms with Gasteiger partial charge in [-0.3, -0.25) is 4.90 Å². The summed E-state index contributed by atoms with van der Waals surface area (Å²) in [4.78, 5) is 2.34. The predicted octanol–water partition coefficient (Wildman–Crippen LogP) is 2.02. The monoisotopic (exact) mass is 328 g/mol. The highest BCUT2D eigenvalue weighted by Crippen LogP contribution is 2.43. The van der Waals surface area contributed by atoms with Gasteiger partial charge in [-0.25, -0.2) is 0 Å². The van der Waals surface area contributed by atoms with Gasteiger partial charge >= 0.3 is 0 Å². The van der Waals surface area contributed by atoms with Gasteiger partial charge in [0.05, 0.1) is 12.1 Å². The number of nitrogens with one attached hydrogen (secondary N) is 1. The van der Waals surface area contributed by atoms with E-state index in [0.29, 0.717) is 5.75 Å². The molecule has 6 heteroatoms. The third-order valence-electron chi connectivity index (χ3n) is 4.25. The summed E-state index contributed by atoms with van der Waals surface area (Å²) in [7, 11) is 1.51. The Labute approximate surface area is 136 Å².